The van der Waals surface area contributed by atoms with Crippen molar-refractivity contribution < 1.29 is 21.6 Å². The van der Waals surface area contributed by atoms with Gasteiger partial charge in [-0.3, -0.25) is 0 Å². The van der Waals surface area contributed by atoms with Gasteiger partial charge in [0.15, 0.2) is 11.5 Å². The Hall–Kier alpha value is -2.93. The molecule has 0 bridgehead atoms. The molecule has 1 fully saturated rings. The second-order valence-corrected chi connectivity index (χ2v) is 8.39. The van der Waals surface area contributed by atoms with Crippen molar-refractivity contribution in [3.8, 4) is 0 Å². The number of nitrogens with zero attached hydrogens (tertiary/aromatic N) is 4. The Bertz CT molecular complexity index is 1200. The zero-order valence-corrected chi connectivity index (χ0v) is 15.6. The molecular formula is C16H15F3N6O3S. The van der Waals surface area contributed by atoms with Crippen molar-refractivity contribution in [3.63, 3.8) is 0 Å². The molecule has 0 aliphatic carbocycles. The van der Waals surface area contributed by atoms with E-state index in [-0.39, 0.29) is 36.9 Å². The van der Waals surface area contributed by atoms with Crippen molar-refractivity contribution in [3.05, 3.63) is 46.5 Å². The normalized spacial score (nSPS) is 16.4. The molecule has 0 spiro atoms. The maximum Gasteiger partial charge on any atom is 0.435 e. The molecule has 1 saturated heterocycles. The third-order valence-electron chi connectivity index (χ3n) is 4.63. The van der Waals surface area contributed by atoms with Gasteiger partial charge >= 0.3 is 11.9 Å². The lowest BCUT2D eigenvalue weighted by atomic mass is 10.3. The molecule has 3 aromatic rings. The number of aromatic amines is 2. The Balaban J connectivity index is 1.48. The lowest BCUT2D eigenvalue weighted by molar-refractivity contribution is -0.141. The van der Waals surface area contributed by atoms with Crippen LogP contribution >= 0.6 is 0 Å². The van der Waals surface area contributed by atoms with E-state index >= 15 is 0 Å². The van der Waals surface area contributed by atoms with Gasteiger partial charge in [0, 0.05) is 26.2 Å². The first-order valence-electron chi connectivity index (χ1n) is 8.53. The predicted octanol–water partition coefficient (Wildman–Crippen LogP) is 1.18. The summed E-state index contributed by atoms with van der Waals surface area (Å²) in [5.74, 6) is 0.251. The number of halogens is 3. The summed E-state index contributed by atoms with van der Waals surface area (Å²) in [4.78, 5) is 18.1. The van der Waals surface area contributed by atoms with E-state index in [0.717, 1.165) is 6.07 Å². The largest absolute Gasteiger partial charge is 0.435 e. The molecule has 2 N–H and O–H groups in total. The van der Waals surface area contributed by atoms with Crippen LogP contribution in [0.5, 0.6) is 0 Å². The molecule has 1 aliphatic rings. The molecule has 1 aromatic carbocycles. The van der Waals surface area contributed by atoms with E-state index in [9.17, 15) is 26.4 Å². The summed E-state index contributed by atoms with van der Waals surface area (Å²) in [7, 11) is -3.79. The standard InChI is InChI=1S/C16H15F3N6O3S/c17-16(18,19)13-3-4-14(23-22-13)24-5-7-25(8-6-24)29(27,28)10-1-2-11-12(9-10)21-15(26)20-11/h1-4,9H,5-8H2,(H2,20,21,26). The molecule has 2 aromatic heterocycles. The van der Waals surface area contributed by atoms with E-state index in [2.05, 4.69) is 20.2 Å². The maximum absolute atomic E-state index is 12.9. The molecule has 29 heavy (non-hydrogen) atoms. The number of piperazine rings is 1. The summed E-state index contributed by atoms with van der Waals surface area (Å²) >= 11 is 0. The van der Waals surface area contributed by atoms with Crippen molar-refractivity contribution in [2.45, 2.75) is 11.1 Å². The number of aromatic nitrogens is 4. The first-order valence-corrected chi connectivity index (χ1v) is 9.97. The number of anilines is 1. The number of rotatable bonds is 3. The number of hydrogen-bond donors (Lipinski definition) is 2. The minimum absolute atomic E-state index is 0.0445. The number of H-pyrrole nitrogens is 2. The lowest BCUT2D eigenvalue weighted by Crippen LogP contribution is -2.49. The number of imidazole rings is 1. The van der Waals surface area contributed by atoms with Crippen molar-refractivity contribution in [2.24, 2.45) is 0 Å². The molecule has 0 amide bonds. The van der Waals surface area contributed by atoms with Crippen LogP contribution in [0.1, 0.15) is 5.69 Å². The molecular weight excluding hydrogens is 413 g/mol. The summed E-state index contributed by atoms with van der Waals surface area (Å²) in [6.07, 6.45) is -4.57. The summed E-state index contributed by atoms with van der Waals surface area (Å²) in [6.45, 7) is 0.768. The van der Waals surface area contributed by atoms with Crippen LogP contribution in [0, 0.1) is 0 Å². The predicted molar refractivity (Wildman–Crippen MR) is 96.9 cm³/mol. The van der Waals surface area contributed by atoms with Crippen LogP contribution < -0.4 is 10.6 Å². The smallest absolute Gasteiger partial charge is 0.352 e. The highest BCUT2D eigenvalue weighted by atomic mass is 32.2. The van der Waals surface area contributed by atoms with Gasteiger partial charge in [-0.15, -0.1) is 10.2 Å². The second kappa shape index (κ2) is 6.84. The highest BCUT2D eigenvalue weighted by molar-refractivity contribution is 7.89. The number of benzene rings is 1. The third-order valence-corrected chi connectivity index (χ3v) is 6.52. The Kier molecular flexibility index (Phi) is 4.58. The number of alkyl halides is 3. The minimum Gasteiger partial charge on any atom is -0.352 e. The second-order valence-electron chi connectivity index (χ2n) is 6.45. The molecule has 1 aliphatic heterocycles. The Morgan fingerprint density at radius 1 is 0.931 bits per heavy atom. The SMILES string of the molecule is O=c1[nH]c2ccc(S(=O)(=O)N3CCN(c4ccc(C(F)(F)F)nn4)CC3)cc2[nH]1. The van der Waals surface area contributed by atoms with Crippen molar-refractivity contribution >= 4 is 26.9 Å². The maximum atomic E-state index is 12.9. The third kappa shape index (κ3) is 3.70. The van der Waals surface area contributed by atoms with Gasteiger partial charge in [0.1, 0.15) is 0 Å². The number of fused-ring (bicyclic) bond motifs is 1. The zero-order chi connectivity index (χ0) is 20.8. The Morgan fingerprint density at radius 2 is 1.62 bits per heavy atom. The number of nitrogens with one attached hydrogen (secondary N) is 2. The van der Waals surface area contributed by atoms with Gasteiger partial charge in [-0.1, -0.05) is 0 Å². The van der Waals surface area contributed by atoms with Crippen LogP contribution in [-0.2, 0) is 16.2 Å². The van der Waals surface area contributed by atoms with E-state index in [1.807, 2.05) is 0 Å². The van der Waals surface area contributed by atoms with Gasteiger partial charge in [-0.2, -0.15) is 17.5 Å². The molecule has 9 nitrogen and oxygen atoms in total. The van der Waals surface area contributed by atoms with Crippen LogP contribution in [-0.4, -0.2) is 59.1 Å². The molecule has 3 heterocycles. The van der Waals surface area contributed by atoms with Gasteiger partial charge in [0.05, 0.1) is 15.9 Å². The van der Waals surface area contributed by atoms with Gasteiger partial charge in [0.2, 0.25) is 10.0 Å². The van der Waals surface area contributed by atoms with Gasteiger partial charge in [-0.25, -0.2) is 13.2 Å². The molecule has 154 valence electrons. The van der Waals surface area contributed by atoms with Gasteiger partial charge < -0.3 is 14.9 Å². The molecule has 0 atom stereocenters. The summed E-state index contributed by atoms with van der Waals surface area (Å²) in [5, 5.41) is 6.79. The first-order chi connectivity index (χ1) is 13.6. The Morgan fingerprint density at radius 3 is 2.24 bits per heavy atom. The zero-order valence-electron chi connectivity index (χ0n) is 14.8. The average Bonchev–Trinajstić information content (AvgIpc) is 3.06. The van der Waals surface area contributed by atoms with E-state index in [1.54, 1.807) is 4.90 Å². The number of sulfonamides is 1. The Labute approximate surface area is 162 Å². The monoisotopic (exact) mass is 428 g/mol. The molecule has 0 radical (unpaired) electrons. The van der Waals surface area contributed by atoms with E-state index in [1.165, 1.54) is 28.6 Å². The first kappa shape index (κ1) is 19.4. The van der Waals surface area contributed by atoms with Crippen LogP contribution in [0.2, 0.25) is 0 Å². The fourth-order valence-corrected chi connectivity index (χ4v) is 4.57. The summed E-state index contributed by atoms with van der Waals surface area (Å²) in [5.41, 5.74) is -0.629. The highest BCUT2D eigenvalue weighted by Gasteiger charge is 2.34. The van der Waals surface area contributed by atoms with Crippen LogP contribution in [0.4, 0.5) is 19.0 Å². The molecule has 0 unspecified atom stereocenters. The molecule has 13 heteroatoms. The minimum atomic E-state index is -4.57. The van der Waals surface area contributed by atoms with Crippen molar-refractivity contribution in [1.29, 1.82) is 0 Å². The summed E-state index contributed by atoms with van der Waals surface area (Å²) < 4.78 is 64.8. The lowest BCUT2D eigenvalue weighted by Gasteiger charge is -2.34. The van der Waals surface area contributed by atoms with E-state index in [0.29, 0.717) is 11.0 Å². The van der Waals surface area contributed by atoms with Gasteiger partial charge in [0.25, 0.3) is 0 Å². The number of hydrogen-bond acceptors (Lipinski definition) is 6. The van der Waals surface area contributed by atoms with Crippen molar-refractivity contribution in [2.75, 3.05) is 31.1 Å². The van der Waals surface area contributed by atoms with Crippen LogP contribution in [0.15, 0.2) is 40.0 Å². The topological polar surface area (TPSA) is 115 Å². The fourth-order valence-electron chi connectivity index (χ4n) is 3.12. The quantitative estimate of drug-likeness (QED) is 0.647. The van der Waals surface area contributed by atoms with E-state index in [4.69, 9.17) is 0 Å². The van der Waals surface area contributed by atoms with E-state index < -0.39 is 27.6 Å². The summed E-state index contributed by atoms with van der Waals surface area (Å²) in [6, 6.07) is 6.37. The van der Waals surface area contributed by atoms with Crippen LogP contribution in [0.3, 0.4) is 0 Å². The highest BCUT2D eigenvalue weighted by Crippen LogP contribution is 2.28. The van der Waals surface area contributed by atoms with Crippen molar-refractivity contribution in [1.82, 2.24) is 24.5 Å². The van der Waals surface area contributed by atoms with Crippen LogP contribution in [0.25, 0.3) is 11.0 Å². The fraction of sp³-hybridized carbons (Fsp3) is 0.312. The average molecular weight is 428 g/mol. The molecule has 4 rings (SSSR count). The van der Waals surface area contributed by atoms with Gasteiger partial charge in [-0.05, 0) is 30.3 Å². The molecule has 0 saturated carbocycles.